The topological polar surface area (TPSA) is 82.9 Å². The molecule has 41 heavy (non-hydrogen) atoms. The highest BCUT2D eigenvalue weighted by molar-refractivity contribution is 6.37. The number of nitrogens with zero attached hydrogens (tertiary/aromatic N) is 4. The van der Waals surface area contributed by atoms with Crippen LogP contribution in [-0.2, 0) is 0 Å². The van der Waals surface area contributed by atoms with Crippen LogP contribution in [0.1, 0.15) is 37.7 Å². The minimum absolute atomic E-state index is 0.362. The summed E-state index contributed by atoms with van der Waals surface area (Å²) in [4.78, 5) is 9.45. The highest BCUT2D eigenvalue weighted by Crippen LogP contribution is 2.50. The number of methoxy groups -OCH3 is 2. The lowest BCUT2D eigenvalue weighted by Crippen LogP contribution is -2.53. The van der Waals surface area contributed by atoms with Gasteiger partial charge in [0.25, 0.3) is 0 Å². The van der Waals surface area contributed by atoms with Crippen molar-refractivity contribution in [1.29, 1.82) is 5.26 Å². The third kappa shape index (κ3) is 6.29. The zero-order valence-corrected chi connectivity index (χ0v) is 25.6. The molecule has 1 aliphatic heterocycles. The normalized spacial score (nSPS) is 16.9. The Bertz CT molecular complexity index is 1440. The largest absolute Gasteiger partial charge is 0.495 e. The molecular formula is C31H37Cl2N5O3. The van der Waals surface area contributed by atoms with Crippen molar-refractivity contribution in [2.75, 3.05) is 59.9 Å². The molecular weight excluding hydrogens is 561 g/mol. The maximum atomic E-state index is 9.81. The van der Waals surface area contributed by atoms with Gasteiger partial charge in [-0.05, 0) is 76.8 Å². The van der Waals surface area contributed by atoms with Crippen LogP contribution in [0.5, 0.6) is 17.2 Å². The number of ether oxygens (including phenoxy) is 3. The first-order chi connectivity index (χ1) is 19.8. The molecule has 0 unspecified atom stereocenters. The smallest absolute Gasteiger partial charge is 0.163 e. The van der Waals surface area contributed by atoms with Gasteiger partial charge in [-0.25, -0.2) is 0 Å². The number of halogens is 2. The number of benzene rings is 2. The second-order valence-corrected chi connectivity index (χ2v) is 12.2. The predicted molar refractivity (Wildman–Crippen MR) is 164 cm³/mol. The predicted octanol–water partition coefficient (Wildman–Crippen LogP) is 6.75. The monoisotopic (exact) mass is 597 g/mol. The van der Waals surface area contributed by atoms with Gasteiger partial charge in [-0.1, -0.05) is 23.2 Å². The second kappa shape index (κ2) is 12.5. The Morgan fingerprint density at radius 3 is 2.44 bits per heavy atom. The van der Waals surface area contributed by atoms with Crippen LogP contribution < -0.4 is 19.5 Å². The molecule has 0 radical (unpaired) electrons. The summed E-state index contributed by atoms with van der Waals surface area (Å²) in [7, 11) is 7.53. The lowest BCUT2D eigenvalue weighted by molar-refractivity contribution is -0.0279. The molecule has 0 bridgehead atoms. The summed E-state index contributed by atoms with van der Waals surface area (Å²) in [5.74, 6) is 1.66. The van der Waals surface area contributed by atoms with E-state index in [1.54, 1.807) is 19.2 Å². The molecule has 1 spiro atoms. The average molecular weight is 599 g/mol. The standard InChI is InChI=1S/C31H37Cl2N5O3/c1-37(2)21-16-31(17-21)6-9-38(10-7-31)8-5-11-41-29-14-25-22(12-28(29)40-4)30(20(18-34)19-35-25)36-26-15-27(39-3)24(33)13-23(26)32/h12-15,19,21H,5-11,16-17H2,1-4H3,(H,35,36). The molecule has 2 aromatic carbocycles. The summed E-state index contributed by atoms with van der Waals surface area (Å²) in [6, 6.07) is 9.96. The van der Waals surface area contributed by atoms with Gasteiger partial charge in [0.15, 0.2) is 11.5 Å². The van der Waals surface area contributed by atoms with E-state index in [0.717, 1.165) is 19.0 Å². The third-order valence-corrected chi connectivity index (χ3v) is 9.24. The molecule has 1 aromatic heterocycles. The first-order valence-corrected chi connectivity index (χ1v) is 14.7. The van der Waals surface area contributed by atoms with Crippen LogP contribution >= 0.6 is 23.2 Å². The fraction of sp³-hybridized carbons (Fsp3) is 0.484. The van der Waals surface area contributed by atoms with E-state index in [4.69, 9.17) is 37.4 Å². The quantitative estimate of drug-likeness (QED) is 0.257. The van der Waals surface area contributed by atoms with Crippen LogP contribution in [0.15, 0.2) is 30.5 Å². The van der Waals surface area contributed by atoms with Gasteiger partial charge in [-0.15, -0.1) is 0 Å². The summed E-state index contributed by atoms with van der Waals surface area (Å²) in [5.41, 5.74) is 2.71. The Labute approximate surface area is 252 Å². The van der Waals surface area contributed by atoms with E-state index in [0.29, 0.717) is 67.2 Å². The number of hydrogen-bond donors (Lipinski definition) is 1. The van der Waals surface area contributed by atoms with Crippen LogP contribution in [0.2, 0.25) is 10.0 Å². The molecule has 2 fully saturated rings. The van der Waals surface area contributed by atoms with E-state index in [2.05, 4.69) is 40.3 Å². The molecule has 1 aliphatic carbocycles. The van der Waals surface area contributed by atoms with Crippen molar-refractivity contribution in [3.8, 4) is 23.3 Å². The molecule has 218 valence electrons. The Morgan fingerprint density at radius 1 is 1.05 bits per heavy atom. The van der Waals surface area contributed by atoms with Crippen molar-refractivity contribution in [2.45, 2.75) is 38.1 Å². The van der Waals surface area contributed by atoms with Crippen molar-refractivity contribution in [3.63, 3.8) is 0 Å². The van der Waals surface area contributed by atoms with Gasteiger partial charge >= 0.3 is 0 Å². The first-order valence-electron chi connectivity index (χ1n) is 14.0. The molecule has 3 aromatic rings. The number of nitrogens with one attached hydrogen (secondary N) is 1. The van der Waals surface area contributed by atoms with Crippen LogP contribution in [0.3, 0.4) is 0 Å². The Morgan fingerprint density at radius 2 is 1.78 bits per heavy atom. The van der Waals surface area contributed by atoms with Crippen molar-refractivity contribution in [3.05, 3.63) is 46.1 Å². The van der Waals surface area contributed by atoms with Gasteiger partial charge < -0.3 is 29.3 Å². The first kappa shape index (κ1) is 29.5. The number of piperidine rings is 1. The SMILES string of the molecule is COc1cc(Nc2c(C#N)cnc3cc(OCCCN4CCC5(CC4)CC(N(C)C)C5)c(OC)cc23)c(Cl)cc1Cl. The second-order valence-electron chi connectivity index (χ2n) is 11.3. The molecule has 5 rings (SSSR count). The van der Waals surface area contributed by atoms with E-state index in [-0.39, 0.29) is 0 Å². The third-order valence-electron chi connectivity index (χ3n) is 8.64. The number of nitriles is 1. The number of likely N-dealkylation sites (tertiary alicyclic amines) is 1. The lowest BCUT2D eigenvalue weighted by Gasteiger charge is -2.54. The lowest BCUT2D eigenvalue weighted by atomic mass is 9.60. The summed E-state index contributed by atoms with van der Waals surface area (Å²) >= 11 is 12.7. The van der Waals surface area contributed by atoms with Crippen molar-refractivity contribution < 1.29 is 14.2 Å². The van der Waals surface area contributed by atoms with Gasteiger partial charge in [-0.3, -0.25) is 4.98 Å². The van der Waals surface area contributed by atoms with E-state index in [1.165, 1.54) is 52.1 Å². The molecule has 2 aliphatic rings. The van der Waals surface area contributed by atoms with E-state index in [9.17, 15) is 5.26 Å². The van der Waals surface area contributed by atoms with E-state index < -0.39 is 0 Å². The molecule has 1 saturated carbocycles. The minimum atomic E-state index is 0.362. The fourth-order valence-electron chi connectivity index (χ4n) is 6.04. The number of hydrogen-bond acceptors (Lipinski definition) is 8. The maximum Gasteiger partial charge on any atom is 0.163 e. The molecule has 1 N–H and O–H groups in total. The Balaban J connectivity index is 1.25. The molecule has 8 nitrogen and oxygen atoms in total. The molecule has 2 heterocycles. The van der Waals surface area contributed by atoms with Crippen molar-refractivity contribution >= 4 is 45.5 Å². The molecule has 1 saturated heterocycles. The summed E-state index contributed by atoms with van der Waals surface area (Å²) in [5, 5.41) is 14.6. The number of rotatable bonds is 10. The zero-order chi connectivity index (χ0) is 29.1. The van der Waals surface area contributed by atoms with Crippen molar-refractivity contribution in [1.82, 2.24) is 14.8 Å². The fourth-order valence-corrected chi connectivity index (χ4v) is 6.55. The Hall–Kier alpha value is -2.96. The number of pyridine rings is 1. The number of fused-ring (bicyclic) bond motifs is 1. The summed E-state index contributed by atoms with van der Waals surface area (Å²) < 4.78 is 17.2. The van der Waals surface area contributed by atoms with E-state index in [1.807, 2.05) is 12.1 Å². The summed E-state index contributed by atoms with van der Waals surface area (Å²) in [6.45, 7) is 3.94. The summed E-state index contributed by atoms with van der Waals surface area (Å²) in [6.07, 6.45) is 7.77. The van der Waals surface area contributed by atoms with Gasteiger partial charge in [0.2, 0.25) is 0 Å². The van der Waals surface area contributed by atoms with Gasteiger partial charge in [0.05, 0.1) is 53.3 Å². The Kier molecular flexibility index (Phi) is 9.00. The minimum Gasteiger partial charge on any atom is -0.495 e. The molecule has 10 heteroatoms. The highest BCUT2D eigenvalue weighted by atomic mass is 35.5. The van der Waals surface area contributed by atoms with Crippen LogP contribution in [-0.4, -0.2) is 75.4 Å². The number of aromatic nitrogens is 1. The maximum absolute atomic E-state index is 9.81. The van der Waals surface area contributed by atoms with Crippen LogP contribution in [0.4, 0.5) is 11.4 Å². The van der Waals surface area contributed by atoms with Gasteiger partial charge in [0.1, 0.15) is 11.8 Å². The van der Waals surface area contributed by atoms with Gasteiger partial charge in [-0.2, -0.15) is 5.26 Å². The van der Waals surface area contributed by atoms with Gasteiger partial charge in [0, 0.05) is 36.3 Å². The molecule has 0 amide bonds. The van der Waals surface area contributed by atoms with Crippen LogP contribution in [0, 0.1) is 16.7 Å². The average Bonchev–Trinajstić information content (AvgIpc) is 2.95. The van der Waals surface area contributed by atoms with Crippen LogP contribution in [0.25, 0.3) is 10.9 Å². The zero-order valence-electron chi connectivity index (χ0n) is 24.1. The van der Waals surface area contributed by atoms with Crippen molar-refractivity contribution in [2.24, 2.45) is 5.41 Å². The van der Waals surface area contributed by atoms with E-state index >= 15 is 0 Å². The highest BCUT2D eigenvalue weighted by Gasteiger charge is 2.46. The number of anilines is 2. The molecule has 0 atom stereocenters.